The summed E-state index contributed by atoms with van der Waals surface area (Å²) in [4.78, 5) is 21.2. The van der Waals surface area contributed by atoms with E-state index in [0.29, 0.717) is 18.5 Å². The molecule has 19 heavy (non-hydrogen) atoms. The zero-order chi connectivity index (χ0) is 13.7. The summed E-state index contributed by atoms with van der Waals surface area (Å²) >= 11 is 0. The maximum Gasteiger partial charge on any atom is 0.133 e. The van der Waals surface area contributed by atoms with Gasteiger partial charge < -0.3 is 10.1 Å². The summed E-state index contributed by atoms with van der Waals surface area (Å²) in [6.45, 7) is 6.75. The molecule has 5 heteroatoms. The number of anilines is 1. The van der Waals surface area contributed by atoms with Gasteiger partial charge >= 0.3 is 0 Å². The summed E-state index contributed by atoms with van der Waals surface area (Å²) in [5.41, 5.74) is 1.07. The van der Waals surface area contributed by atoms with Gasteiger partial charge in [0.25, 0.3) is 0 Å². The van der Waals surface area contributed by atoms with Crippen molar-refractivity contribution in [2.45, 2.75) is 38.6 Å². The molecule has 1 saturated heterocycles. The minimum Gasteiger partial charge on any atom is -0.367 e. The van der Waals surface area contributed by atoms with Gasteiger partial charge in [-0.2, -0.15) is 0 Å². The van der Waals surface area contributed by atoms with Crippen molar-refractivity contribution in [3.8, 4) is 0 Å². The summed E-state index contributed by atoms with van der Waals surface area (Å²) in [5, 5.41) is 3.47. The Bertz CT molecular complexity index is 414. The molecule has 0 spiro atoms. The molecule has 1 aromatic rings. The van der Waals surface area contributed by atoms with Crippen molar-refractivity contribution >= 4 is 12.1 Å². The first kappa shape index (κ1) is 13.9. The lowest BCUT2D eigenvalue weighted by molar-refractivity contribution is -0.109. The number of piperidine rings is 1. The van der Waals surface area contributed by atoms with Crippen LogP contribution < -0.4 is 5.32 Å². The number of carbonyl (C=O) groups excluding carboxylic acids is 1. The molecular weight excluding hydrogens is 240 g/mol. The summed E-state index contributed by atoms with van der Waals surface area (Å²) in [6.07, 6.45) is 4.70. The number of nitrogens with zero attached hydrogens (tertiary/aromatic N) is 3. The highest BCUT2D eigenvalue weighted by molar-refractivity contribution is 5.52. The lowest BCUT2D eigenvalue weighted by atomic mass is 10.0. The largest absolute Gasteiger partial charge is 0.367 e. The van der Waals surface area contributed by atoms with Crippen LogP contribution in [0.3, 0.4) is 0 Å². The van der Waals surface area contributed by atoms with Gasteiger partial charge in [0.05, 0.1) is 6.54 Å². The Kier molecular flexibility index (Phi) is 4.85. The summed E-state index contributed by atoms with van der Waals surface area (Å²) in [6, 6.07) is 2.47. The SMILES string of the molecule is CC(C)c1cc(NC2CCN(CC=O)CC2)ncn1. The molecule has 1 aliphatic heterocycles. The van der Waals surface area contributed by atoms with Crippen molar-refractivity contribution in [1.82, 2.24) is 14.9 Å². The number of aldehydes is 1. The van der Waals surface area contributed by atoms with Gasteiger partial charge in [0.2, 0.25) is 0 Å². The molecule has 0 aromatic carbocycles. The molecule has 2 rings (SSSR count). The Morgan fingerprint density at radius 3 is 2.79 bits per heavy atom. The van der Waals surface area contributed by atoms with Crippen molar-refractivity contribution in [3.05, 3.63) is 18.1 Å². The first-order chi connectivity index (χ1) is 9.19. The second-order valence-electron chi connectivity index (χ2n) is 5.37. The quantitative estimate of drug-likeness (QED) is 0.818. The number of aromatic nitrogens is 2. The first-order valence-corrected chi connectivity index (χ1v) is 6.93. The van der Waals surface area contributed by atoms with Crippen LogP contribution in [0.2, 0.25) is 0 Å². The second kappa shape index (κ2) is 6.61. The van der Waals surface area contributed by atoms with Gasteiger partial charge in [-0.25, -0.2) is 9.97 Å². The van der Waals surface area contributed by atoms with E-state index in [4.69, 9.17) is 0 Å². The zero-order valence-electron chi connectivity index (χ0n) is 11.7. The summed E-state index contributed by atoms with van der Waals surface area (Å²) in [7, 11) is 0. The van der Waals surface area contributed by atoms with Gasteiger partial charge in [0.1, 0.15) is 18.4 Å². The smallest absolute Gasteiger partial charge is 0.133 e. The molecule has 0 aliphatic carbocycles. The van der Waals surface area contributed by atoms with Crippen molar-refractivity contribution in [2.24, 2.45) is 0 Å². The van der Waals surface area contributed by atoms with Gasteiger partial charge in [-0.15, -0.1) is 0 Å². The van der Waals surface area contributed by atoms with Crippen molar-refractivity contribution in [1.29, 1.82) is 0 Å². The van der Waals surface area contributed by atoms with E-state index in [2.05, 4.69) is 34.0 Å². The molecule has 0 bridgehead atoms. The Hall–Kier alpha value is -1.49. The molecule has 1 aliphatic rings. The minimum absolute atomic E-state index is 0.415. The van der Waals surface area contributed by atoms with Crippen LogP contribution in [0.5, 0.6) is 0 Å². The number of likely N-dealkylation sites (tertiary alicyclic amines) is 1. The Morgan fingerprint density at radius 2 is 2.16 bits per heavy atom. The van der Waals surface area contributed by atoms with Crippen LogP contribution in [0.15, 0.2) is 12.4 Å². The maximum absolute atomic E-state index is 10.5. The van der Waals surface area contributed by atoms with Crippen molar-refractivity contribution < 1.29 is 4.79 Å². The second-order valence-corrected chi connectivity index (χ2v) is 5.37. The maximum atomic E-state index is 10.5. The van der Waals surface area contributed by atoms with E-state index in [9.17, 15) is 4.79 Å². The monoisotopic (exact) mass is 262 g/mol. The average Bonchev–Trinajstić information content (AvgIpc) is 2.42. The van der Waals surface area contributed by atoms with Gasteiger partial charge in [0.15, 0.2) is 0 Å². The highest BCUT2D eigenvalue weighted by Crippen LogP contribution is 2.17. The molecule has 2 heterocycles. The fourth-order valence-corrected chi connectivity index (χ4v) is 2.34. The molecule has 5 nitrogen and oxygen atoms in total. The van der Waals surface area contributed by atoms with E-state index in [1.54, 1.807) is 6.33 Å². The van der Waals surface area contributed by atoms with E-state index < -0.39 is 0 Å². The van der Waals surface area contributed by atoms with Gasteiger partial charge in [-0.3, -0.25) is 4.90 Å². The molecule has 0 unspecified atom stereocenters. The Morgan fingerprint density at radius 1 is 1.42 bits per heavy atom. The van der Waals surface area contributed by atoms with Gasteiger partial charge in [-0.05, 0) is 18.8 Å². The van der Waals surface area contributed by atoms with Crippen LogP contribution in [0, 0.1) is 0 Å². The highest BCUT2D eigenvalue weighted by atomic mass is 16.1. The Balaban J connectivity index is 1.88. The first-order valence-electron chi connectivity index (χ1n) is 6.93. The van der Waals surface area contributed by atoms with E-state index in [1.807, 2.05) is 6.07 Å². The van der Waals surface area contributed by atoms with Gasteiger partial charge in [-0.1, -0.05) is 13.8 Å². The molecule has 1 aromatic heterocycles. The Labute approximate surface area is 114 Å². The molecular formula is C14H22N4O. The number of hydrogen-bond donors (Lipinski definition) is 1. The molecule has 104 valence electrons. The average molecular weight is 262 g/mol. The predicted molar refractivity (Wildman–Crippen MR) is 75.3 cm³/mol. The molecule has 0 saturated carbocycles. The van der Waals surface area contributed by atoms with E-state index >= 15 is 0 Å². The summed E-state index contributed by atoms with van der Waals surface area (Å²) in [5.74, 6) is 1.32. The normalized spacial score (nSPS) is 17.6. The third-order valence-electron chi connectivity index (χ3n) is 3.55. The molecule has 1 fully saturated rings. The third kappa shape index (κ3) is 3.99. The minimum atomic E-state index is 0.415. The third-order valence-corrected chi connectivity index (χ3v) is 3.55. The standard InChI is InChI=1S/C14H22N4O/c1-11(2)13-9-14(16-10-15-13)17-12-3-5-18(6-4-12)7-8-19/h8-12H,3-7H2,1-2H3,(H,15,16,17). The lowest BCUT2D eigenvalue weighted by Crippen LogP contribution is -2.40. The van der Waals surface area contributed by atoms with E-state index in [-0.39, 0.29) is 0 Å². The fourth-order valence-electron chi connectivity index (χ4n) is 2.34. The van der Waals surface area contributed by atoms with Crippen LogP contribution >= 0.6 is 0 Å². The van der Waals surface area contributed by atoms with Crippen molar-refractivity contribution in [2.75, 3.05) is 25.0 Å². The molecule has 1 N–H and O–H groups in total. The van der Waals surface area contributed by atoms with E-state index in [0.717, 1.165) is 43.7 Å². The zero-order valence-corrected chi connectivity index (χ0v) is 11.7. The highest BCUT2D eigenvalue weighted by Gasteiger charge is 2.19. The van der Waals surface area contributed by atoms with Crippen LogP contribution in [0.25, 0.3) is 0 Å². The fraction of sp³-hybridized carbons (Fsp3) is 0.643. The van der Waals surface area contributed by atoms with E-state index in [1.165, 1.54) is 0 Å². The lowest BCUT2D eigenvalue weighted by Gasteiger charge is -2.31. The molecule has 0 amide bonds. The van der Waals surface area contributed by atoms with Crippen LogP contribution in [-0.2, 0) is 4.79 Å². The molecule has 0 radical (unpaired) electrons. The number of rotatable bonds is 5. The predicted octanol–water partition coefficient (Wildman–Crippen LogP) is 1.68. The number of hydrogen-bond acceptors (Lipinski definition) is 5. The van der Waals surface area contributed by atoms with Crippen molar-refractivity contribution in [3.63, 3.8) is 0 Å². The summed E-state index contributed by atoms with van der Waals surface area (Å²) < 4.78 is 0. The number of carbonyl (C=O) groups is 1. The topological polar surface area (TPSA) is 58.1 Å². The van der Waals surface area contributed by atoms with Crippen LogP contribution in [0.1, 0.15) is 38.3 Å². The van der Waals surface area contributed by atoms with Crippen LogP contribution in [0.4, 0.5) is 5.82 Å². The van der Waals surface area contributed by atoms with Gasteiger partial charge in [0, 0.05) is 30.9 Å². The van der Waals surface area contributed by atoms with Crippen LogP contribution in [-0.4, -0.2) is 46.8 Å². The molecule has 0 atom stereocenters. The number of nitrogens with one attached hydrogen (secondary N) is 1.